The van der Waals surface area contributed by atoms with Crippen LogP contribution in [0.5, 0.6) is 5.75 Å². The van der Waals surface area contributed by atoms with Gasteiger partial charge in [0.05, 0.1) is 0 Å². The second kappa shape index (κ2) is 4.46. The summed E-state index contributed by atoms with van der Waals surface area (Å²) in [5.41, 5.74) is 4.03. The Morgan fingerprint density at radius 2 is 1.89 bits per heavy atom. The van der Waals surface area contributed by atoms with E-state index in [2.05, 4.69) is 13.0 Å². The summed E-state index contributed by atoms with van der Waals surface area (Å²) >= 11 is 0. The van der Waals surface area contributed by atoms with Gasteiger partial charge in [0.15, 0.2) is 0 Å². The van der Waals surface area contributed by atoms with Gasteiger partial charge in [-0.2, -0.15) is 0 Å². The molecule has 0 bridgehead atoms. The Morgan fingerprint density at radius 3 is 2.72 bits per heavy atom. The molecule has 0 saturated heterocycles. The number of para-hydroxylation sites is 1. The van der Waals surface area contributed by atoms with E-state index in [1.165, 1.54) is 0 Å². The summed E-state index contributed by atoms with van der Waals surface area (Å²) in [7, 11) is 0. The van der Waals surface area contributed by atoms with Gasteiger partial charge in [-0.05, 0) is 23.1 Å². The zero-order chi connectivity index (χ0) is 12.5. The molecule has 92 valence electrons. The fourth-order valence-corrected chi connectivity index (χ4v) is 2.52. The van der Waals surface area contributed by atoms with Gasteiger partial charge in [0, 0.05) is 5.56 Å². The van der Waals surface area contributed by atoms with E-state index < -0.39 is 6.10 Å². The molecule has 0 spiro atoms. The maximum atomic E-state index is 10.5. The SMILES string of the molecule is CCc1cccc2c1OCc1ccccc1C2O. The highest BCUT2D eigenvalue weighted by atomic mass is 16.5. The third kappa shape index (κ3) is 1.70. The molecule has 0 amide bonds. The second-order valence-electron chi connectivity index (χ2n) is 4.58. The van der Waals surface area contributed by atoms with E-state index in [0.717, 1.165) is 34.4 Å². The normalized spacial score (nSPS) is 17.3. The van der Waals surface area contributed by atoms with Crippen LogP contribution in [-0.4, -0.2) is 5.11 Å². The van der Waals surface area contributed by atoms with Crippen LogP contribution in [0.1, 0.15) is 35.3 Å². The number of aryl methyl sites for hydroxylation is 1. The molecular weight excluding hydrogens is 224 g/mol. The first-order valence-corrected chi connectivity index (χ1v) is 6.31. The highest BCUT2D eigenvalue weighted by Crippen LogP contribution is 2.37. The van der Waals surface area contributed by atoms with Crippen molar-refractivity contribution in [3.8, 4) is 5.75 Å². The van der Waals surface area contributed by atoms with E-state index in [1.807, 2.05) is 36.4 Å². The van der Waals surface area contributed by atoms with Crippen LogP contribution in [0, 0.1) is 0 Å². The Bertz CT molecular complexity index is 575. The topological polar surface area (TPSA) is 29.5 Å². The summed E-state index contributed by atoms with van der Waals surface area (Å²) in [6.07, 6.45) is 0.317. The average molecular weight is 240 g/mol. The van der Waals surface area contributed by atoms with E-state index in [1.54, 1.807) is 0 Å². The molecule has 0 fully saturated rings. The number of benzene rings is 2. The number of aliphatic hydroxyl groups is 1. The first-order chi connectivity index (χ1) is 8.81. The van der Waals surface area contributed by atoms with Crippen LogP contribution >= 0.6 is 0 Å². The molecule has 1 aliphatic heterocycles. The van der Waals surface area contributed by atoms with Gasteiger partial charge < -0.3 is 9.84 Å². The second-order valence-corrected chi connectivity index (χ2v) is 4.58. The zero-order valence-corrected chi connectivity index (χ0v) is 10.4. The van der Waals surface area contributed by atoms with Gasteiger partial charge in [-0.1, -0.05) is 49.4 Å². The molecule has 0 aliphatic carbocycles. The minimum absolute atomic E-state index is 0.525. The standard InChI is InChI=1S/C16H16O2/c1-2-11-7-5-9-14-15(17)13-8-4-3-6-12(13)10-18-16(11)14/h3-9,15,17H,2,10H2,1H3. The van der Waals surface area contributed by atoms with Gasteiger partial charge in [-0.15, -0.1) is 0 Å². The van der Waals surface area contributed by atoms with Crippen molar-refractivity contribution >= 4 is 0 Å². The summed E-state index contributed by atoms with van der Waals surface area (Å²) < 4.78 is 5.91. The molecule has 2 heteroatoms. The highest BCUT2D eigenvalue weighted by Gasteiger charge is 2.23. The predicted molar refractivity (Wildman–Crippen MR) is 70.7 cm³/mol. The van der Waals surface area contributed by atoms with Crippen LogP contribution in [-0.2, 0) is 13.0 Å². The Balaban J connectivity index is 2.17. The minimum atomic E-state index is -0.592. The van der Waals surface area contributed by atoms with Crippen LogP contribution < -0.4 is 4.74 Å². The van der Waals surface area contributed by atoms with Gasteiger partial charge in [-0.3, -0.25) is 0 Å². The van der Waals surface area contributed by atoms with Crippen LogP contribution in [0.25, 0.3) is 0 Å². The van der Waals surface area contributed by atoms with Crippen molar-refractivity contribution in [2.45, 2.75) is 26.1 Å². The average Bonchev–Trinajstić information content (AvgIpc) is 2.57. The quantitative estimate of drug-likeness (QED) is 0.829. The van der Waals surface area contributed by atoms with Crippen molar-refractivity contribution in [3.63, 3.8) is 0 Å². The molecule has 18 heavy (non-hydrogen) atoms. The summed E-state index contributed by atoms with van der Waals surface area (Å²) in [6.45, 7) is 2.63. The van der Waals surface area contributed by atoms with Crippen molar-refractivity contribution in [2.75, 3.05) is 0 Å². The maximum absolute atomic E-state index is 10.5. The van der Waals surface area contributed by atoms with E-state index in [-0.39, 0.29) is 0 Å². The molecule has 2 aromatic rings. The first-order valence-electron chi connectivity index (χ1n) is 6.31. The predicted octanol–water partition coefficient (Wildman–Crippen LogP) is 3.22. The lowest BCUT2D eigenvalue weighted by molar-refractivity contribution is 0.218. The maximum Gasteiger partial charge on any atom is 0.129 e. The molecule has 0 saturated carbocycles. The van der Waals surface area contributed by atoms with E-state index in [0.29, 0.717) is 6.61 Å². The van der Waals surface area contributed by atoms with Crippen molar-refractivity contribution < 1.29 is 9.84 Å². The van der Waals surface area contributed by atoms with Crippen molar-refractivity contribution in [1.29, 1.82) is 0 Å². The van der Waals surface area contributed by atoms with Gasteiger partial charge in [0.25, 0.3) is 0 Å². The molecular formula is C16H16O2. The molecule has 2 aromatic carbocycles. The summed E-state index contributed by atoms with van der Waals surface area (Å²) in [6, 6.07) is 13.9. The monoisotopic (exact) mass is 240 g/mol. The van der Waals surface area contributed by atoms with Gasteiger partial charge >= 0.3 is 0 Å². The Kier molecular flexibility index (Phi) is 2.80. The fraction of sp³-hybridized carbons (Fsp3) is 0.250. The number of hydrogen-bond acceptors (Lipinski definition) is 2. The largest absolute Gasteiger partial charge is 0.488 e. The molecule has 1 heterocycles. The minimum Gasteiger partial charge on any atom is -0.488 e. The number of fused-ring (bicyclic) bond motifs is 2. The van der Waals surface area contributed by atoms with Gasteiger partial charge in [-0.25, -0.2) is 0 Å². The lowest BCUT2D eigenvalue weighted by Crippen LogP contribution is -2.01. The Labute approximate surface area is 107 Å². The smallest absolute Gasteiger partial charge is 0.129 e. The number of aliphatic hydroxyl groups excluding tert-OH is 1. The van der Waals surface area contributed by atoms with Crippen LogP contribution in [0.4, 0.5) is 0 Å². The lowest BCUT2D eigenvalue weighted by Gasteiger charge is -2.14. The van der Waals surface area contributed by atoms with Gasteiger partial charge in [0.2, 0.25) is 0 Å². The lowest BCUT2D eigenvalue weighted by atomic mass is 9.96. The molecule has 1 unspecified atom stereocenters. The van der Waals surface area contributed by atoms with E-state index in [9.17, 15) is 5.11 Å². The highest BCUT2D eigenvalue weighted by molar-refractivity contribution is 5.49. The molecule has 1 atom stereocenters. The van der Waals surface area contributed by atoms with Crippen molar-refractivity contribution in [2.24, 2.45) is 0 Å². The molecule has 0 radical (unpaired) electrons. The number of rotatable bonds is 1. The molecule has 2 nitrogen and oxygen atoms in total. The molecule has 1 aliphatic rings. The fourth-order valence-electron chi connectivity index (χ4n) is 2.52. The zero-order valence-electron chi connectivity index (χ0n) is 10.4. The Morgan fingerprint density at radius 1 is 1.11 bits per heavy atom. The summed E-state index contributed by atoms with van der Waals surface area (Å²) in [5, 5.41) is 10.5. The third-order valence-corrected chi connectivity index (χ3v) is 3.52. The summed E-state index contributed by atoms with van der Waals surface area (Å²) in [4.78, 5) is 0. The van der Waals surface area contributed by atoms with Crippen LogP contribution in [0.3, 0.4) is 0 Å². The van der Waals surface area contributed by atoms with Crippen molar-refractivity contribution in [3.05, 3.63) is 64.7 Å². The van der Waals surface area contributed by atoms with Crippen LogP contribution in [0.2, 0.25) is 0 Å². The van der Waals surface area contributed by atoms with Crippen LogP contribution in [0.15, 0.2) is 42.5 Å². The number of ether oxygens (including phenoxy) is 1. The Hall–Kier alpha value is -1.80. The molecule has 0 aromatic heterocycles. The first kappa shape index (κ1) is 11.3. The summed E-state index contributed by atoms with van der Waals surface area (Å²) in [5.74, 6) is 0.851. The molecule has 3 rings (SSSR count). The van der Waals surface area contributed by atoms with E-state index in [4.69, 9.17) is 4.74 Å². The van der Waals surface area contributed by atoms with E-state index >= 15 is 0 Å². The van der Waals surface area contributed by atoms with Gasteiger partial charge in [0.1, 0.15) is 18.5 Å². The third-order valence-electron chi connectivity index (χ3n) is 3.52. The van der Waals surface area contributed by atoms with Crippen molar-refractivity contribution in [1.82, 2.24) is 0 Å². The number of hydrogen-bond donors (Lipinski definition) is 1. The molecule has 1 N–H and O–H groups in total.